The van der Waals surface area contributed by atoms with Crippen LogP contribution in [0.3, 0.4) is 0 Å². The van der Waals surface area contributed by atoms with E-state index in [2.05, 4.69) is 12.0 Å². The molecule has 0 saturated heterocycles. The van der Waals surface area contributed by atoms with Crippen LogP contribution in [0.15, 0.2) is 29.1 Å². The monoisotopic (exact) mass is 331 g/mol. The maximum Gasteiger partial charge on any atom is 0.360 e. The number of aryl methyl sites for hydroxylation is 1. The number of rotatable bonds is 7. The van der Waals surface area contributed by atoms with Gasteiger partial charge in [-0.25, -0.2) is 9.48 Å². The van der Waals surface area contributed by atoms with Crippen LogP contribution in [0.25, 0.3) is 10.8 Å². The van der Waals surface area contributed by atoms with Gasteiger partial charge in [0.15, 0.2) is 11.8 Å². The topological polar surface area (TPSA) is 104 Å². The SMILES string of the molecule is CCCCCn1nc(C(=O)O[C@@H](C)C(N)=O)c2ccccc2c1=O. The fourth-order valence-electron chi connectivity index (χ4n) is 2.32. The Morgan fingerprint density at radius 2 is 1.92 bits per heavy atom. The minimum atomic E-state index is -1.07. The van der Waals surface area contributed by atoms with E-state index in [0.29, 0.717) is 17.3 Å². The van der Waals surface area contributed by atoms with E-state index < -0.39 is 18.0 Å². The lowest BCUT2D eigenvalue weighted by atomic mass is 10.1. The quantitative estimate of drug-likeness (QED) is 0.613. The second kappa shape index (κ2) is 7.72. The van der Waals surface area contributed by atoms with Crippen LogP contribution in [-0.2, 0) is 16.1 Å². The molecular weight excluding hydrogens is 310 g/mol. The molecule has 0 saturated carbocycles. The van der Waals surface area contributed by atoms with Crippen LogP contribution in [0.1, 0.15) is 43.6 Å². The molecule has 2 N–H and O–H groups in total. The molecule has 0 aliphatic carbocycles. The molecule has 24 heavy (non-hydrogen) atoms. The van der Waals surface area contributed by atoms with Crippen molar-refractivity contribution in [2.75, 3.05) is 0 Å². The van der Waals surface area contributed by atoms with Gasteiger partial charge in [-0.15, -0.1) is 0 Å². The fraction of sp³-hybridized carbons (Fsp3) is 0.412. The van der Waals surface area contributed by atoms with Gasteiger partial charge < -0.3 is 10.5 Å². The number of nitrogens with zero attached hydrogens (tertiary/aromatic N) is 2. The van der Waals surface area contributed by atoms with Crippen molar-refractivity contribution >= 4 is 22.6 Å². The summed E-state index contributed by atoms with van der Waals surface area (Å²) in [7, 11) is 0. The Bertz CT molecular complexity index is 813. The van der Waals surface area contributed by atoms with Crippen LogP contribution in [0.2, 0.25) is 0 Å². The zero-order chi connectivity index (χ0) is 17.7. The van der Waals surface area contributed by atoms with Gasteiger partial charge in [-0.2, -0.15) is 5.10 Å². The minimum absolute atomic E-state index is 0.00907. The van der Waals surface area contributed by atoms with Crippen molar-refractivity contribution in [3.63, 3.8) is 0 Å². The molecule has 1 amide bonds. The predicted molar refractivity (Wildman–Crippen MR) is 89.6 cm³/mol. The largest absolute Gasteiger partial charge is 0.448 e. The Morgan fingerprint density at radius 3 is 2.54 bits per heavy atom. The third-order valence-electron chi connectivity index (χ3n) is 3.72. The zero-order valence-corrected chi connectivity index (χ0v) is 13.8. The Kier molecular flexibility index (Phi) is 5.68. The highest BCUT2D eigenvalue weighted by atomic mass is 16.5. The predicted octanol–water partition coefficient (Wildman–Crippen LogP) is 1.62. The van der Waals surface area contributed by atoms with Crippen molar-refractivity contribution < 1.29 is 14.3 Å². The Morgan fingerprint density at radius 1 is 1.25 bits per heavy atom. The lowest BCUT2D eigenvalue weighted by Gasteiger charge is -2.12. The summed E-state index contributed by atoms with van der Waals surface area (Å²) in [5, 5.41) is 4.95. The van der Waals surface area contributed by atoms with Crippen molar-refractivity contribution in [2.45, 2.75) is 45.8 Å². The molecule has 0 aliphatic rings. The Hall–Kier alpha value is -2.70. The molecule has 0 radical (unpaired) electrons. The fourth-order valence-corrected chi connectivity index (χ4v) is 2.32. The molecule has 0 bridgehead atoms. The molecule has 2 aromatic rings. The number of hydrogen-bond donors (Lipinski definition) is 1. The molecule has 1 heterocycles. The summed E-state index contributed by atoms with van der Waals surface area (Å²) < 4.78 is 6.32. The Balaban J connectivity index is 2.47. The van der Waals surface area contributed by atoms with E-state index in [0.717, 1.165) is 19.3 Å². The zero-order valence-electron chi connectivity index (χ0n) is 13.8. The first-order chi connectivity index (χ1) is 11.5. The number of carbonyl (C=O) groups excluding carboxylic acids is 2. The molecule has 1 aromatic carbocycles. The van der Waals surface area contributed by atoms with E-state index >= 15 is 0 Å². The van der Waals surface area contributed by atoms with Crippen molar-refractivity contribution in [3.8, 4) is 0 Å². The van der Waals surface area contributed by atoms with Gasteiger partial charge in [0, 0.05) is 11.9 Å². The number of hydrogen-bond acceptors (Lipinski definition) is 5. The number of fused-ring (bicyclic) bond motifs is 1. The van der Waals surface area contributed by atoms with E-state index in [1.54, 1.807) is 24.3 Å². The van der Waals surface area contributed by atoms with E-state index in [4.69, 9.17) is 10.5 Å². The number of unbranched alkanes of at least 4 members (excludes halogenated alkanes) is 2. The first-order valence-corrected chi connectivity index (χ1v) is 7.95. The van der Waals surface area contributed by atoms with Gasteiger partial charge in [0.25, 0.3) is 11.5 Å². The molecule has 0 spiro atoms. The lowest BCUT2D eigenvalue weighted by Crippen LogP contribution is -2.32. The average Bonchev–Trinajstić information content (AvgIpc) is 2.57. The molecule has 7 heteroatoms. The van der Waals surface area contributed by atoms with Gasteiger partial charge in [-0.05, 0) is 19.4 Å². The van der Waals surface area contributed by atoms with Crippen LogP contribution in [0.4, 0.5) is 0 Å². The third kappa shape index (κ3) is 3.79. The summed E-state index contributed by atoms with van der Waals surface area (Å²) in [6, 6.07) is 6.70. The highest BCUT2D eigenvalue weighted by Gasteiger charge is 2.21. The summed E-state index contributed by atoms with van der Waals surface area (Å²) in [6.45, 7) is 3.87. The number of primary amides is 1. The molecule has 1 aromatic heterocycles. The minimum Gasteiger partial charge on any atom is -0.448 e. The molecular formula is C17H21N3O4. The molecule has 1 atom stereocenters. The standard InChI is InChI=1S/C17H21N3O4/c1-3-4-7-10-20-16(22)13-9-6-5-8-12(13)14(19-20)17(23)24-11(2)15(18)21/h5-6,8-9,11H,3-4,7,10H2,1-2H3,(H2,18,21)/t11-/m0/s1. The summed E-state index contributed by atoms with van der Waals surface area (Å²) in [4.78, 5) is 36.0. The van der Waals surface area contributed by atoms with Gasteiger partial charge >= 0.3 is 5.97 Å². The lowest BCUT2D eigenvalue weighted by molar-refractivity contribution is -0.125. The summed E-state index contributed by atoms with van der Waals surface area (Å²) in [5.74, 6) is -1.52. The van der Waals surface area contributed by atoms with Crippen LogP contribution in [-0.4, -0.2) is 27.8 Å². The van der Waals surface area contributed by atoms with Crippen LogP contribution < -0.4 is 11.3 Å². The first-order valence-electron chi connectivity index (χ1n) is 7.95. The molecule has 128 valence electrons. The van der Waals surface area contributed by atoms with E-state index in [1.165, 1.54) is 11.6 Å². The van der Waals surface area contributed by atoms with Crippen molar-refractivity contribution in [3.05, 3.63) is 40.3 Å². The summed E-state index contributed by atoms with van der Waals surface area (Å²) in [6.07, 6.45) is 1.68. The highest BCUT2D eigenvalue weighted by Crippen LogP contribution is 2.15. The second-order valence-corrected chi connectivity index (χ2v) is 5.58. The number of aromatic nitrogens is 2. The average molecular weight is 331 g/mol. The van der Waals surface area contributed by atoms with Gasteiger partial charge in [0.05, 0.1) is 5.39 Å². The van der Waals surface area contributed by atoms with Gasteiger partial charge in [0.2, 0.25) is 0 Å². The number of esters is 1. The molecule has 7 nitrogen and oxygen atoms in total. The smallest absolute Gasteiger partial charge is 0.360 e. The van der Waals surface area contributed by atoms with E-state index in [1.807, 2.05) is 0 Å². The normalized spacial score (nSPS) is 12.1. The van der Waals surface area contributed by atoms with Crippen molar-refractivity contribution in [1.29, 1.82) is 0 Å². The van der Waals surface area contributed by atoms with Crippen LogP contribution >= 0.6 is 0 Å². The number of carbonyl (C=O) groups is 2. The maximum atomic E-state index is 12.5. The number of amides is 1. The maximum absolute atomic E-state index is 12.5. The number of ether oxygens (including phenoxy) is 1. The molecule has 0 aliphatic heterocycles. The summed E-state index contributed by atoms with van der Waals surface area (Å²) >= 11 is 0. The Labute approximate surface area is 139 Å². The summed E-state index contributed by atoms with van der Waals surface area (Å²) in [5.41, 5.74) is 4.88. The number of nitrogens with two attached hydrogens (primary N) is 1. The second-order valence-electron chi connectivity index (χ2n) is 5.58. The third-order valence-corrected chi connectivity index (χ3v) is 3.72. The van der Waals surface area contributed by atoms with Gasteiger partial charge in [0.1, 0.15) is 0 Å². The van der Waals surface area contributed by atoms with Crippen molar-refractivity contribution in [2.24, 2.45) is 5.73 Å². The number of benzene rings is 1. The van der Waals surface area contributed by atoms with E-state index in [9.17, 15) is 14.4 Å². The molecule has 2 rings (SSSR count). The first kappa shape index (κ1) is 17.7. The van der Waals surface area contributed by atoms with Gasteiger partial charge in [-0.1, -0.05) is 38.0 Å². The highest BCUT2D eigenvalue weighted by molar-refractivity contribution is 6.02. The van der Waals surface area contributed by atoms with Gasteiger partial charge in [-0.3, -0.25) is 9.59 Å². The van der Waals surface area contributed by atoms with Crippen LogP contribution in [0.5, 0.6) is 0 Å². The molecule has 0 fully saturated rings. The van der Waals surface area contributed by atoms with Crippen LogP contribution in [0, 0.1) is 0 Å². The van der Waals surface area contributed by atoms with Crippen molar-refractivity contribution in [1.82, 2.24) is 9.78 Å². The molecule has 0 unspecified atom stereocenters. The van der Waals surface area contributed by atoms with E-state index in [-0.39, 0.29) is 11.3 Å².